The van der Waals surface area contributed by atoms with Crippen LogP contribution in [0.25, 0.3) is 0 Å². The number of aromatic amines is 1. The molecule has 2 heterocycles. The van der Waals surface area contributed by atoms with E-state index in [1.54, 1.807) is 47.5 Å². The molecule has 1 saturated heterocycles. The van der Waals surface area contributed by atoms with Gasteiger partial charge in [-0.3, -0.25) is 25.2 Å². The third-order valence-corrected chi connectivity index (χ3v) is 3.65. The van der Waals surface area contributed by atoms with Crippen molar-refractivity contribution in [2.45, 2.75) is 12.8 Å². The quantitative estimate of drug-likeness (QED) is 0.744. The molecule has 0 atom stereocenters. The average Bonchev–Trinajstić information content (AvgIpc) is 3.24. The lowest BCUT2D eigenvalue weighted by Crippen LogP contribution is -2.41. The summed E-state index contributed by atoms with van der Waals surface area (Å²) in [4.78, 5) is 39.8. The summed E-state index contributed by atoms with van der Waals surface area (Å²) in [6.07, 6.45) is 3.04. The second kappa shape index (κ2) is 6.35. The van der Waals surface area contributed by atoms with Gasteiger partial charge in [-0.05, 0) is 42.8 Å². The number of nitrogens with one attached hydrogen (secondary N) is 3. The van der Waals surface area contributed by atoms with Crippen molar-refractivity contribution in [3.8, 4) is 0 Å². The van der Waals surface area contributed by atoms with Gasteiger partial charge in [0, 0.05) is 30.4 Å². The van der Waals surface area contributed by atoms with E-state index in [2.05, 4.69) is 15.8 Å². The van der Waals surface area contributed by atoms with Crippen molar-refractivity contribution in [1.82, 2.24) is 15.8 Å². The van der Waals surface area contributed by atoms with Gasteiger partial charge in [-0.25, -0.2) is 0 Å². The molecule has 3 amide bonds. The van der Waals surface area contributed by atoms with Gasteiger partial charge in [-0.2, -0.15) is 0 Å². The van der Waals surface area contributed by atoms with Gasteiger partial charge in [0.2, 0.25) is 5.91 Å². The Bertz CT molecular complexity index is 722. The van der Waals surface area contributed by atoms with Crippen molar-refractivity contribution >= 4 is 23.4 Å². The Balaban J connectivity index is 1.59. The third-order valence-electron chi connectivity index (χ3n) is 3.65. The van der Waals surface area contributed by atoms with Gasteiger partial charge >= 0.3 is 0 Å². The largest absolute Gasteiger partial charge is 0.357 e. The molecule has 1 aromatic carbocycles. The first kappa shape index (κ1) is 14.8. The van der Waals surface area contributed by atoms with Gasteiger partial charge < -0.3 is 9.88 Å². The number of nitrogens with zero attached hydrogens (tertiary/aromatic N) is 1. The van der Waals surface area contributed by atoms with Crippen LogP contribution in [0.3, 0.4) is 0 Å². The Morgan fingerprint density at radius 1 is 1.04 bits per heavy atom. The smallest absolute Gasteiger partial charge is 0.286 e. The first-order valence-corrected chi connectivity index (χ1v) is 7.29. The highest BCUT2D eigenvalue weighted by Gasteiger charge is 2.21. The van der Waals surface area contributed by atoms with E-state index < -0.39 is 11.8 Å². The summed E-state index contributed by atoms with van der Waals surface area (Å²) in [5.41, 5.74) is 6.20. The number of aromatic nitrogens is 1. The molecule has 23 heavy (non-hydrogen) atoms. The Morgan fingerprint density at radius 2 is 1.78 bits per heavy atom. The van der Waals surface area contributed by atoms with Gasteiger partial charge in [-0.1, -0.05) is 0 Å². The molecule has 1 aliphatic heterocycles. The molecule has 3 rings (SSSR count). The molecule has 0 radical (unpaired) electrons. The van der Waals surface area contributed by atoms with Gasteiger partial charge in [0.05, 0.1) is 0 Å². The van der Waals surface area contributed by atoms with E-state index >= 15 is 0 Å². The maximum Gasteiger partial charge on any atom is 0.286 e. The standard InChI is InChI=1S/C16H16N4O3/c21-14-4-2-10-20(14)12-7-5-11(6-8-12)15(22)18-19-16(23)13-3-1-9-17-13/h1,3,5-9,17H,2,4,10H2,(H,18,22)(H,19,23). The summed E-state index contributed by atoms with van der Waals surface area (Å²) in [7, 11) is 0. The van der Waals surface area contributed by atoms with Crippen LogP contribution >= 0.6 is 0 Å². The molecular weight excluding hydrogens is 296 g/mol. The molecule has 0 spiro atoms. The molecule has 0 unspecified atom stereocenters. The number of hydrazine groups is 1. The maximum absolute atomic E-state index is 12.0. The van der Waals surface area contributed by atoms with Crippen LogP contribution in [0.1, 0.15) is 33.7 Å². The molecular formula is C16H16N4O3. The molecule has 118 valence electrons. The minimum Gasteiger partial charge on any atom is -0.357 e. The van der Waals surface area contributed by atoms with E-state index in [1.165, 1.54) is 0 Å². The fraction of sp³-hybridized carbons (Fsp3) is 0.188. The predicted molar refractivity (Wildman–Crippen MR) is 83.8 cm³/mol. The summed E-state index contributed by atoms with van der Waals surface area (Å²) in [5, 5.41) is 0. The minimum absolute atomic E-state index is 0.0976. The lowest BCUT2D eigenvalue weighted by molar-refractivity contribution is -0.117. The van der Waals surface area contributed by atoms with E-state index in [0.29, 0.717) is 24.2 Å². The number of benzene rings is 1. The predicted octanol–water partition coefficient (Wildman–Crippen LogP) is 1.22. The summed E-state index contributed by atoms with van der Waals surface area (Å²) in [5.74, 6) is -0.757. The minimum atomic E-state index is -0.428. The number of amides is 3. The van der Waals surface area contributed by atoms with E-state index in [1.807, 2.05) is 0 Å². The normalized spacial score (nSPS) is 13.9. The molecule has 0 saturated carbocycles. The summed E-state index contributed by atoms with van der Waals surface area (Å²) < 4.78 is 0. The molecule has 0 bridgehead atoms. The molecule has 0 aliphatic carbocycles. The monoisotopic (exact) mass is 312 g/mol. The molecule has 2 aromatic rings. The number of H-pyrrole nitrogens is 1. The first-order valence-electron chi connectivity index (χ1n) is 7.29. The molecule has 1 fully saturated rings. The van der Waals surface area contributed by atoms with Gasteiger partial charge in [0.15, 0.2) is 0 Å². The second-order valence-corrected chi connectivity index (χ2v) is 5.19. The fourth-order valence-electron chi connectivity index (χ4n) is 2.44. The molecule has 1 aromatic heterocycles. The van der Waals surface area contributed by atoms with Crippen LogP contribution in [-0.2, 0) is 4.79 Å². The van der Waals surface area contributed by atoms with Crippen LogP contribution in [0, 0.1) is 0 Å². The van der Waals surface area contributed by atoms with E-state index in [4.69, 9.17) is 0 Å². The molecule has 3 N–H and O–H groups in total. The summed E-state index contributed by atoms with van der Waals surface area (Å²) >= 11 is 0. The van der Waals surface area contributed by atoms with Gasteiger partial charge in [0.25, 0.3) is 11.8 Å². The highest BCUT2D eigenvalue weighted by Crippen LogP contribution is 2.21. The Hall–Kier alpha value is -3.09. The number of rotatable bonds is 3. The highest BCUT2D eigenvalue weighted by molar-refractivity contribution is 5.99. The van der Waals surface area contributed by atoms with Crippen LogP contribution in [0.15, 0.2) is 42.6 Å². The van der Waals surface area contributed by atoms with Crippen LogP contribution < -0.4 is 15.8 Å². The van der Waals surface area contributed by atoms with Crippen LogP contribution in [0.4, 0.5) is 5.69 Å². The average molecular weight is 312 g/mol. The molecule has 1 aliphatic rings. The van der Waals surface area contributed by atoms with Crippen molar-refractivity contribution < 1.29 is 14.4 Å². The SMILES string of the molecule is O=C(NNC(=O)c1ccc[nH]1)c1ccc(N2CCCC2=O)cc1. The lowest BCUT2D eigenvalue weighted by atomic mass is 10.2. The number of carbonyl (C=O) groups is 3. The van der Waals surface area contributed by atoms with Crippen molar-refractivity contribution in [2.24, 2.45) is 0 Å². The van der Waals surface area contributed by atoms with Crippen molar-refractivity contribution in [3.05, 3.63) is 53.9 Å². The van der Waals surface area contributed by atoms with Gasteiger partial charge in [-0.15, -0.1) is 0 Å². The zero-order chi connectivity index (χ0) is 16.2. The van der Waals surface area contributed by atoms with Crippen molar-refractivity contribution in [2.75, 3.05) is 11.4 Å². The highest BCUT2D eigenvalue weighted by atomic mass is 16.2. The maximum atomic E-state index is 12.0. The number of hydrogen-bond donors (Lipinski definition) is 3. The zero-order valence-electron chi connectivity index (χ0n) is 12.3. The molecule has 7 nitrogen and oxygen atoms in total. The van der Waals surface area contributed by atoms with E-state index in [0.717, 1.165) is 12.1 Å². The first-order chi connectivity index (χ1) is 11.1. The summed E-state index contributed by atoms with van der Waals surface area (Å²) in [6.45, 7) is 0.705. The topological polar surface area (TPSA) is 94.3 Å². The lowest BCUT2D eigenvalue weighted by Gasteiger charge is -2.15. The molecule has 7 heteroatoms. The number of carbonyl (C=O) groups excluding carboxylic acids is 3. The Morgan fingerprint density at radius 3 is 2.39 bits per heavy atom. The number of anilines is 1. The second-order valence-electron chi connectivity index (χ2n) is 5.19. The number of hydrogen-bond acceptors (Lipinski definition) is 3. The third kappa shape index (κ3) is 3.23. The van der Waals surface area contributed by atoms with E-state index in [-0.39, 0.29) is 5.91 Å². The van der Waals surface area contributed by atoms with Crippen LogP contribution in [-0.4, -0.2) is 29.3 Å². The van der Waals surface area contributed by atoms with E-state index in [9.17, 15) is 14.4 Å². The Kier molecular flexibility index (Phi) is 4.09. The zero-order valence-corrected chi connectivity index (χ0v) is 12.3. The van der Waals surface area contributed by atoms with Crippen molar-refractivity contribution in [1.29, 1.82) is 0 Å². The Labute approximate surface area is 132 Å². The van der Waals surface area contributed by atoms with Crippen LogP contribution in [0.2, 0.25) is 0 Å². The van der Waals surface area contributed by atoms with Crippen LogP contribution in [0.5, 0.6) is 0 Å². The van der Waals surface area contributed by atoms with Crippen molar-refractivity contribution in [3.63, 3.8) is 0 Å². The summed E-state index contributed by atoms with van der Waals surface area (Å²) in [6, 6.07) is 9.99. The van der Waals surface area contributed by atoms with Gasteiger partial charge in [0.1, 0.15) is 5.69 Å². The fourth-order valence-corrected chi connectivity index (χ4v) is 2.44.